The van der Waals surface area contributed by atoms with E-state index in [4.69, 9.17) is 9.84 Å². The van der Waals surface area contributed by atoms with Crippen molar-refractivity contribution in [2.24, 2.45) is 5.92 Å². The molecule has 0 bridgehead atoms. The molecule has 1 saturated heterocycles. The molecule has 5 heteroatoms. The molecule has 5 nitrogen and oxygen atoms in total. The van der Waals surface area contributed by atoms with Gasteiger partial charge in [-0.05, 0) is 32.1 Å². The quantitative estimate of drug-likeness (QED) is 0.786. The van der Waals surface area contributed by atoms with E-state index in [1.54, 1.807) is 11.8 Å². The molecule has 0 saturated carbocycles. The fraction of sp³-hybridized carbons (Fsp3) is 0.833. The van der Waals surface area contributed by atoms with Crippen LogP contribution in [0.5, 0.6) is 0 Å². The van der Waals surface area contributed by atoms with Crippen LogP contribution < -0.4 is 0 Å². The molecular weight excluding hydrogens is 222 g/mol. The van der Waals surface area contributed by atoms with Crippen LogP contribution in [0.1, 0.15) is 32.6 Å². The number of methoxy groups -OCH3 is 1. The lowest BCUT2D eigenvalue weighted by Crippen LogP contribution is -2.44. The van der Waals surface area contributed by atoms with E-state index in [1.165, 1.54) is 7.11 Å². The fourth-order valence-corrected chi connectivity index (χ4v) is 2.19. The minimum absolute atomic E-state index is 0.00697. The van der Waals surface area contributed by atoms with E-state index in [-0.39, 0.29) is 12.3 Å². The Morgan fingerprint density at radius 3 is 2.82 bits per heavy atom. The summed E-state index contributed by atoms with van der Waals surface area (Å²) in [6.45, 7) is 3.17. The maximum atomic E-state index is 11.9. The number of carbonyl (C=O) groups excluding carboxylic acids is 1. The van der Waals surface area contributed by atoms with Gasteiger partial charge in [0, 0.05) is 26.6 Å². The van der Waals surface area contributed by atoms with Crippen molar-refractivity contribution in [1.29, 1.82) is 0 Å². The normalized spacial score (nSPS) is 22.2. The van der Waals surface area contributed by atoms with Gasteiger partial charge < -0.3 is 14.7 Å². The van der Waals surface area contributed by atoms with Crippen LogP contribution in [-0.4, -0.2) is 48.2 Å². The number of piperidine rings is 1. The summed E-state index contributed by atoms with van der Waals surface area (Å²) in [5, 5.41) is 8.64. The molecule has 98 valence electrons. The number of amides is 1. The van der Waals surface area contributed by atoms with E-state index in [1.807, 2.05) is 0 Å². The Hall–Kier alpha value is -1.10. The number of carboxylic acid groups (broad SMARTS) is 1. The second-order valence-electron chi connectivity index (χ2n) is 4.60. The minimum atomic E-state index is -0.765. The van der Waals surface area contributed by atoms with Crippen molar-refractivity contribution in [3.05, 3.63) is 0 Å². The highest BCUT2D eigenvalue weighted by atomic mass is 16.5. The van der Waals surface area contributed by atoms with Crippen molar-refractivity contribution in [2.75, 3.05) is 20.2 Å². The first-order valence-corrected chi connectivity index (χ1v) is 6.08. The zero-order valence-electron chi connectivity index (χ0n) is 10.5. The first kappa shape index (κ1) is 14.0. The maximum absolute atomic E-state index is 11.9. The number of carboxylic acids is 1. The minimum Gasteiger partial charge on any atom is -0.481 e. The van der Waals surface area contributed by atoms with Gasteiger partial charge in [-0.1, -0.05) is 0 Å². The number of rotatable bonds is 5. The van der Waals surface area contributed by atoms with Gasteiger partial charge in [-0.2, -0.15) is 0 Å². The highest BCUT2D eigenvalue weighted by molar-refractivity contribution is 5.80. The van der Waals surface area contributed by atoms with Crippen LogP contribution in [0.2, 0.25) is 0 Å². The molecule has 0 aliphatic carbocycles. The second kappa shape index (κ2) is 6.59. The summed E-state index contributed by atoms with van der Waals surface area (Å²) in [4.78, 5) is 24.2. The van der Waals surface area contributed by atoms with Gasteiger partial charge in [0.1, 0.15) is 6.10 Å². The number of hydrogen-bond acceptors (Lipinski definition) is 3. The van der Waals surface area contributed by atoms with E-state index in [2.05, 4.69) is 0 Å². The Morgan fingerprint density at radius 2 is 2.24 bits per heavy atom. The van der Waals surface area contributed by atoms with Crippen molar-refractivity contribution in [3.8, 4) is 0 Å². The maximum Gasteiger partial charge on any atom is 0.303 e. The van der Waals surface area contributed by atoms with Gasteiger partial charge in [0.25, 0.3) is 5.91 Å². The molecular formula is C12H21NO4. The largest absolute Gasteiger partial charge is 0.481 e. The summed E-state index contributed by atoms with van der Waals surface area (Å²) in [5.41, 5.74) is 0. The van der Waals surface area contributed by atoms with Crippen molar-refractivity contribution in [3.63, 3.8) is 0 Å². The van der Waals surface area contributed by atoms with E-state index in [0.717, 1.165) is 19.4 Å². The molecule has 0 aromatic heterocycles. The molecule has 1 fully saturated rings. The predicted octanol–water partition coefficient (Wildman–Crippen LogP) is 1.12. The van der Waals surface area contributed by atoms with Crippen LogP contribution >= 0.6 is 0 Å². The molecule has 1 rings (SSSR count). The third-order valence-electron chi connectivity index (χ3n) is 3.30. The van der Waals surface area contributed by atoms with Crippen LogP contribution in [0.25, 0.3) is 0 Å². The zero-order valence-corrected chi connectivity index (χ0v) is 10.5. The van der Waals surface area contributed by atoms with E-state index in [9.17, 15) is 9.59 Å². The number of carbonyl (C=O) groups is 2. The molecule has 0 spiro atoms. The molecule has 0 unspecified atom stereocenters. The van der Waals surface area contributed by atoms with Gasteiger partial charge in [-0.3, -0.25) is 9.59 Å². The number of nitrogens with zero attached hydrogens (tertiary/aromatic N) is 1. The Kier molecular flexibility index (Phi) is 5.41. The molecule has 0 aromatic carbocycles. The Balaban J connectivity index is 2.43. The molecule has 1 aliphatic rings. The van der Waals surface area contributed by atoms with Crippen LogP contribution in [0, 0.1) is 5.92 Å². The molecule has 2 atom stereocenters. The summed E-state index contributed by atoms with van der Waals surface area (Å²) in [7, 11) is 1.52. The van der Waals surface area contributed by atoms with Gasteiger partial charge >= 0.3 is 5.97 Å². The summed E-state index contributed by atoms with van der Waals surface area (Å²) in [5.74, 6) is -0.445. The first-order chi connectivity index (χ1) is 8.04. The van der Waals surface area contributed by atoms with Crippen LogP contribution in [0.4, 0.5) is 0 Å². The lowest BCUT2D eigenvalue weighted by molar-refractivity contribution is -0.142. The lowest BCUT2D eigenvalue weighted by Gasteiger charge is -2.33. The summed E-state index contributed by atoms with van der Waals surface area (Å²) < 4.78 is 5.01. The third kappa shape index (κ3) is 4.34. The standard InChI is InChI=1S/C12H21NO4/c1-9(17-2)12(16)13-7-3-4-10(8-13)5-6-11(14)15/h9-10H,3-8H2,1-2H3,(H,14,15)/t9-,10-/m1/s1. The van der Waals surface area contributed by atoms with Crippen molar-refractivity contribution < 1.29 is 19.4 Å². The molecule has 1 amide bonds. The number of likely N-dealkylation sites (tertiary alicyclic amines) is 1. The first-order valence-electron chi connectivity index (χ1n) is 6.08. The number of hydrogen-bond donors (Lipinski definition) is 1. The molecule has 1 N–H and O–H groups in total. The monoisotopic (exact) mass is 243 g/mol. The number of ether oxygens (including phenoxy) is 1. The van der Waals surface area contributed by atoms with Crippen molar-refractivity contribution >= 4 is 11.9 Å². The average Bonchev–Trinajstić information content (AvgIpc) is 2.34. The SMILES string of the molecule is CO[C@H](C)C(=O)N1CCC[C@H](CCC(=O)O)C1. The van der Waals surface area contributed by atoms with E-state index >= 15 is 0 Å². The van der Waals surface area contributed by atoms with Gasteiger partial charge in [0.2, 0.25) is 0 Å². The molecule has 1 heterocycles. The zero-order chi connectivity index (χ0) is 12.8. The van der Waals surface area contributed by atoms with Crippen LogP contribution in [0.3, 0.4) is 0 Å². The molecule has 1 aliphatic heterocycles. The topological polar surface area (TPSA) is 66.8 Å². The second-order valence-corrected chi connectivity index (χ2v) is 4.60. The van der Waals surface area contributed by atoms with Crippen LogP contribution in [0.15, 0.2) is 0 Å². The number of aliphatic carboxylic acids is 1. The molecule has 0 radical (unpaired) electrons. The summed E-state index contributed by atoms with van der Waals surface area (Å²) in [6.07, 6.45) is 2.39. The van der Waals surface area contributed by atoms with Crippen molar-refractivity contribution in [2.45, 2.75) is 38.7 Å². The lowest BCUT2D eigenvalue weighted by atomic mass is 9.93. The van der Waals surface area contributed by atoms with Gasteiger partial charge in [0.15, 0.2) is 0 Å². The van der Waals surface area contributed by atoms with E-state index in [0.29, 0.717) is 18.9 Å². The Bertz CT molecular complexity index is 280. The van der Waals surface area contributed by atoms with Gasteiger partial charge in [-0.25, -0.2) is 0 Å². The highest BCUT2D eigenvalue weighted by Crippen LogP contribution is 2.21. The van der Waals surface area contributed by atoms with Gasteiger partial charge in [0.05, 0.1) is 0 Å². The highest BCUT2D eigenvalue weighted by Gasteiger charge is 2.26. The Labute approximate surface area is 102 Å². The fourth-order valence-electron chi connectivity index (χ4n) is 2.19. The van der Waals surface area contributed by atoms with Crippen molar-refractivity contribution in [1.82, 2.24) is 4.90 Å². The predicted molar refractivity (Wildman–Crippen MR) is 62.6 cm³/mol. The summed E-state index contributed by atoms with van der Waals surface area (Å²) >= 11 is 0. The molecule has 0 aromatic rings. The van der Waals surface area contributed by atoms with Gasteiger partial charge in [-0.15, -0.1) is 0 Å². The average molecular weight is 243 g/mol. The van der Waals surface area contributed by atoms with E-state index < -0.39 is 12.1 Å². The summed E-state index contributed by atoms with van der Waals surface area (Å²) in [6, 6.07) is 0. The Morgan fingerprint density at radius 1 is 1.53 bits per heavy atom. The third-order valence-corrected chi connectivity index (χ3v) is 3.30. The smallest absolute Gasteiger partial charge is 0.303 e. The van der Waals surface area contributed by atoms with Crippen LogP contribution in [-0.2, 0) is 14.3 Å². The molecule has 17 heavy (non-hydrogen) atoms.